The number of benzene rings is 2. The van der Waals surface area contributed by atoms with Gasteiger partial charge in [0, 0.05) is 35.8 Å². The second-order valence-electron chi connectivity index (χ2n) is 9.47. The number of piperidine rings is 1. The molecule has 2 aromatic rings. The highest BCUT2D eigenvalue weighted by molar-refractivity contribution is 6.04. The molecule has 7 nitrogen and oxygen atoms in total. The zero-order chi connectivity index (χ0) is 26.9. The molecular weight excluding hydrogens is 494 g/mol. The number of nitrogens with one attached hydrogen (secondary N) is 2. The number of aliphatic hydroxyl groups is 1. The number of aryl methyl sites for hydroxylation is 1. The van der Waals surface area contributed by atoms with Crippen LogP contribution < -0.4 is 10.6 Å². The molecule has 1 unspecified atom stereocenters. The lowest BCUT2D eigenvalue weighted by Crippen LogP contribution is -2.53. The van der Waals surface area contributed by atoms with Crippen LogP contribution in [-0.2, 0) is 15.5 Å². The van der Waals surface area contributed by atoms with Crippen molar-refractivity contribution in [2.75, 3.05) is 18.5 Å². The van der Waals surface area contributed by atoms with Crippen LogP contribution in [0.4, 0.5) is 23.2 Å². The first-order chi connectivity index (χ1) is 17.5. The van der Waals surface area contributed by atoms with E-state index in [0.717, 1.165) is 17.0 Å². The van der Waals surface area contributed by atoms with Crippen LogP contribution in [0, 0.1) is 24.5 Å². The molecule has 2 heterocycles. The molecule has 2 saturated heterocycles. The van der Waals surface area contributed by atoms with E-state index in [0.29, 0.717) is 25.0 Å². The Morgan fingerprint density at radius 3 is 2.30 bits per heavy atom. The molecule has 0 saturated carbocycles. The van der Waals surface area contributed by atoms with Crippen LogP contribution in [0.3, 0.4) is 0 Å². The van der Waals surface area contributed by atoms with Crippen LogP contribution in [0.5, 0.6) is 0 Å². The van der Waals surface area contributed by atoms with E-state index >= 15 is 8.78 Å². The molecule has 4 rings (SSSR count). The van der Waals surface area contributed by atoms with E-state index in [1.165, 1.54) is 19.1 Å². The van der Waals surface area contributed by atoms with Crippen LogP contribution >= 0.6 is 0 Å². The second kappa shape index (κ2) is 10.5. The standard InChI is InChI=1S/C26H27F4N3O4/c1-14-10-17(3-7-21(14)27)32-24(36)15-2-6-22(28)20(13-15)26(29,30)25(37)33-18-4-5-19(33)12-16(11-18)23(35)31-8-9-34/h2-3,6-7,10,13,16,18-19,34H,4-5,8-9,11-12H2,1H3,(H,31,35)(H,32,36)/t16-,18-,19?/m1/s1. The Hall–Kier alpha value is -3.47. The number of alkyl halides is 2. The number of carbonyl (C=O) groups excluding carboxylic acids is 3. The largest absolute Gasteiger partial charge is 0.395 e. The van der Waals surface area contributed by atoms with E-state index in [1.54, 1.807) is 0 Å². The highest BCUT2D eigenvalue weighted by atomic mass is 19.3. The predicted molar refractivity (Wildman–Crippen MR) is 126 cm³/mol. The summed E-state index contributed by atoms with van der Waals surface area (Å²) in [5.41, 5.74) is -1.03. The zero-order valence-electron chi connectivity index (χ0n) is 20.1. The van der Waals surface area contributed by atoms with Crippen molar-refractivity contribution in [2.24, 2.45) is 5.92 Å². The van der Waals surface area contributed by atoms with Crippen molar-refractivity contribution in [2.45, 2.75) is 50.6 Å². The summed E-state index contributed by atoms with van der Waals surface area (Å²) in [4.78, 5) is 39.1. The summed E-state index contributed by atoms with van der Waals surface area (Å²) >= 11 is 0. The minimum Gasteiger partial charge on any atom is -0.395 e. The topological polar surface area (TPSA) is 98.7 Å². The average Bonchev–Trinajstić information content (AvgIpc) is 3.12. The number of nitrogens with zero attached hydrogens (tertiary/aromatic N) is 1. The number of hydrogen-bond acceptors (Lipinski definition) is 4. The number of anilines is 1. The maximum absolute atomic E-state index is 15.4. The summed E-state index contributed by atoms with van der Waals surface area (Å²) in [7, 11) is 0. The van der Waals surface area contributed by atoms with Crippen molar-refractivity contribution in [1.82, 2.24) is 10.2 Å². The highest BCUT2D eigenvalue weighted by Gasteiger charge is 2.54. The number of halogens is 4. The van der Waals surface area contributed by atoms with Gasteiger partial charge in [-0.3, -0.25) is 14.4 Å². The van der Waals surface area contributed by atoms with Gasteiger partial charge in [-0.25, -0.2) is 8.78 Å². The molecule has 37 heavy (non-hydrogen) atoms. The van der Waals surface area contributed by atoms with Gasteiger partial charge in [0.1, 0.15) is 11.6 Å². The maximum Gasteiger partial charge on any atom is 0.352 e. The Balaban J connectivity index is 1.52. The molecule has 3 atom stereocenters. The molecule has 2 aliphatic rings. The van der Waals surface area contributed by atoms with E-state index in [9.17, 15) is 23.2 Å². The quantitative estimate of drug-likeness (QED) is 0.486. The van der Waals surface area contributed by atoms with E-state index in [2.05, 4.69) is 10.6 Å². The molecule has 0 spiro atoms. The van der Waals surface area contributed by atoms with Gasteiger partial charge < -0.3 is 20.6 Å². The molecule has 198 valence electrons. The summed E-state index contributed by atoms with van der Waals surface area (Å²) < 4.78 is 59.0. The molecule has 2 fully saturated rings. The Kier molecular flexibility index (Phi) is 7.54. The van der Waals surface area contributed by atoms with Crippen molar-refractivity contribution >= 4 is 23.4 Å². The van der Waals surface area contributed by atoms with Gasteiger partial charge in [-0.1, -0.05) is 0 Å². The minimum absolute atomic E-state index is 0.0787. The van der Waals surface area contributed by atoms with Gasteiger partial charge in [0.2, 0.25) is 5.91 Å². The predicted octanol–water partition coefficient (Wildman–Crippen LogP) is 3.50. The highest BCUT2D eigenvalue weighted by Crippen LogP contribution is 2.43. The van der Waals surface area contributed by atoms with Crippen molar-refractivity contribution in [3.05, 3.63) is 64.7 Å². The monoisotopic (exact) mass is 521 g/mol. The van der Waals surface area contributed by atoms with Gasteiger partial charge in [-0.05, 0) is 74.6 Å². The molecule has 0 aromatic heterocycles. The van der Waals surface area contributed by atoms with Crippen LogP contribution in [0.2, 0.25) is 0 Å². The molecule has 2 aromatic carbocycles. The molecule has 2 bridgehead atoms. The number of rotatable bonds is 7. The number of amides is 3. The molecule has 3 amide bonds. The fraction of sp³-hybridized carbons (Fsp3) is 0.423. The first kappa shape index (κ1) is 26.6. The van der Waals surface area contributed by atoms with Gasteiger partial charge in [0.25, 0.3) is 11.8 Å². The molecule has 0 radical (unpaired) electrons. The first-order valence-electron chi connectivity index (χ1n) is 12.0. The van der Waals surface area contributed by atoms with Crippen molar-refractivity contribution in [3.63, 3.8) is 0 Å². The van der Waals surface area contributed by atoms with Crippen LogP contribution in [0.15, 0.2) is 36.4 Å². The van der Waals surface area contributed by atoms with Crippen LogP contribution in [0.25, 0.3) is 0 Å². The third kappa shape index (κ3) is 5.31. The maximum atomic E-state index is 15.4. The van der Waals surface area contributed by atoms with Crippen LogP contribution in [0.1, 0.15) is 47.2 Å². The Morgan fingerprint density at radius 2 is 1.68 bits per heavy atom. The third-order valence-electron chi connectivity index (χ3n) is 7.00. The van der Waals surface area contributed by atoms with Gasteiger partial charge in [-0.2, -0.15) is 8.78 Å². The van der Waals surface area contributed by atoms with Crippen molar-refractivity contribution in [3.8, 4) is 0 Å². The van der Waals surface area contributed by atoms with Gasteiger partial charge in [-0.15, -0.1) is 0 Å². The van der Waals surface area contributed by atoms with Crippen molar-refractivity contribution in [1.29, 1.82) is 0 Å². The van der Waals surface area contributed by atoms with Gasteiger partial charge in [0.15, 0.2) is 0 Å². The van der Waals surface area contributed by atoms with Crippen LogP contribution in [-0.4, -0.2) is 53.0 Å². The number of hydrogen-bond donors (Lipinski definition) is 3. The van der Waals surface area contributed by atoms with Crippen molar-refractivity contribution < 1.29 is 37.1 Å². The molecule has 0 aliphatic carbocycles. The fourth-order valence-electron chi connectivity index (χ4n) is 5.16. The first-order valence-corrected chi connectivity index (χ1v) is 12.0. The fourth-order valence-corrected chi connectivity index (χ4v) is 5.16. The van der Waals surface area contributed by atoms with E-state index < -0.39 is 52.9 Å². The summed E-state index contributed by atoms with van der Waals surface area (Å²) in [5, 5.41) is 13.9. The lowest BCUT2D eigenvalue weighted by molar-refractivity contribution is -0.165. The summed E-state index contributed by atoms with van der Waals surface area (Å²) in [5.74, 6) is -9.24. The number of fused-ring (bicyclic) bond motifs is 2. The number of aliphatic hydroxyl groups excluding tert-OH is 1. The summed E-state index contributed by atoms with van der Waals surface area (Å²) in [6, 6.07) is 4.97. The lowest BCUT2D eigenvalue weighted by atomic mass is 9.89. The van der Waals surface area contributed by atoms with E-state index in [-0.39, 0.29) is 48.7 Å². The summed E-state index contributed by atoms with van der Waals surface area (Å²) in [6.45, 7) is 1.34. The van der Waals surface area contributed by atoms with E-state index in [1.807, 2.05) is 0 Å². The Bertz CT molecular complexity index is 1210. The lowest BCUT2D eigenvalue weighted by Gasteiger charge is -2.40. The molecular formula is C26H27F4N3O4. The molecule has 3 N–H and O–H groups in total. The van der Waals surface area contributed by atoms with Gasteiger partial charge >= 0.3 is 5.92 Å². The molecule has 2 aliphatic heterocycles. The normalized spacial score (nSPS) is 21.0. The summed E-state index contributed by atoms with van der Waals surface area (Å²) in [6.07, 6.45) is 1.27. The SMILES string of the molecule is Cc1cc(NC(=O)c2ccc(F)c(C(F)(F)C(=O)N3C4CC[C@@H]3C[C@@H](C(=O)NCCO)C4)c2)ccc1F. The zero-order valence-corrected chi connectivity index (χ0v) is 20.1. The minimum atomic E-state index is -4.25. The second-order valence-corrected chi connectivity index (χ2v) is 9.47. The third-order valence-corrected chi connectivity index (χ3v) is 7.00. The smallest absolute Gasteiger partial charge is 0.352 e. The average molecular weight is 522 g/mol. The Morgan fingerprint density at radius 1 is 1.03 bits per heavy atom. The molecule has 11 heteroatoms. The Labute approximate surface area is 210 Å². The number of carbonyl (C=O) groups is 3. The van der Waals surface area contributed by atoms with E-state index in [4.69, 9.17) is 5.11 Å². The van der Waals surface area contributed by atoms with Gasteiger partial charge in [0.05, 0.1) is 12.2 Å².